The Hall–Kier alpha value is -2.23. The predicted molar refractivity (Wildman–Crippen MR) is 65.5 cm³/mol. The minimum absolute atomic E-state index is 0.0684. The van der Waals surface area contributed by atoms with E-state index >= 15 is 0 Å². The van der Waals surface area contributed by atoms with Crippen LogP contribution >= 0.6 is 0 Å². The first-order valence-corrected chi connectivity index (χ1v) is 5.40. The Bertz CT molecular complexity index is 596. The van der Waals surface area contributed by atoms with Gasteiger partial charge in [0.1, 0.15) is 11.6 Å². The van der Waals surface area contributed by atoms with E-state index in [4.69, 9.17) is 0 Å². The Morgan fingerprint density at radius 3 is 2.56 bits per heavy atom. The van der Waals surface area contributed by atoms with Gasteiger partial charge in [-0.3, -0.25) is 4.79 Å². The number of nitrogens with one attached hydrogen (secondary N) is 1. The molecule has 0 bridgehead atoms. The smallest absolute Gasteiger partial charge is 0.258 e. The summed E-state index contributed by atoms with van der Waals surface area (Å²) in [5.74, 6) is -1.66. The highest BCUT2D eigenvalue weighted by atomic mass is 19.1. The molecule has 0 aliphatic rings. The van der Waals surface area contributed by atoms with E-state index < -0.39 is 17.5 Å². The third-order valence-corrected chi connectivity index (χ3v) is 2.57. The number of amides is 1. The van der Waals surface area contributed by atoms with Crippen LogP contribution in [0.3, 0.4) is 0 Å². The van der Waals surface area contributed by atoms with Crippen molar-refractivity contribution in [3.05, 3.63) is 65.2 Å². The number of hydrogen-bond donors (Lipinski definition) is 1. The van der Waals surface area contributed by atoms with Crippen LogP contribution in [-0.2, 0) is 0 Å². The molecule has 0 saturated heterocycles. The van der Waals surface area contributed by atoms with Crippen LogP contribution in [0.1, 0.15) is 15.9 Å². The van der Waals surface area contributed by atoms with E-state index in [0.29, 0.717) is 11.3 Å². The summed E-state index contributed by atoms with van der Waals surface area (Å²) in [6.45, 7) is 1.73. The van der Waals surface area contributed by atoms with Crippen LogP contribution in [0.5, 0.6) is 0 Å². The average molecular weight is 247 g/mol. The Labute approximate surface area is 103 Å². The molecule has 0 saturated carbocycles. The topological polar surface area (TPSA) is 29.1 Å². The second kappa shape index (κ2) is 4.96. The molecule has 0 aliphatic heterocycles. The average Bonchev–Trinajstić information content (AvgIpc) is 2.34. The molecule has 2 nitrogen and oxygen atoms in total. The molecule has 0 unspecified atom stereocenters. The highest BCUT2D eigenvalue weighted by molar-refractivity contribution is 6.04. The van der Waals surface area contributed by atoms with Gasteiger partial charge in [0, 0.05) is 5.69 Å². The maximum atomic E-state index is 13.4. The quantitative estimate of drug-likeness (QED) is 0.864. The number of aryl methyl sites for hydroxylation is 1. The maximum Gasteiger partial charge on any atom is 0.258 e. The van der Waals surface area contributed by atoms with Crippen molar-refractivity contribution in [2.24, 2.45) is 0 Å². The molecule has 1 amide bonds. The van der Waals surface area contributed by atoms with Gasteiger partial charge < -0.3 is 5.32 Å². The largest absolute Gasteiger partial charge is 0.322 e. The molecule has 0 spiro atoms. The molecule has 0 aliphatic carbocycles. The number of hydrogen-bond acceptors (Lipinski definition) is 1. The van der Waals surface area contributed by atoms with Gasteiger partial charge in [-0.1, -0.05) is 18.2 Å². The highest BCUT2D eigenvalue weighted by Gasteiger charge is 2.12. The number of rotatable bonds is 2. The molecule has 0 radical (unpaired) electrons. The van der Waals surface area contributed by atoms with Crippen LogP contribution in [0.15, 0.2) is 42.5 Å². The molecule has 2 rings (SSSR count). The number of benzene rings is 2. The standard InChI is InChI=1S/C14H11F2NO/c1-9-6-7-10(15)8-13(9)17-14(18)11-4-2-3-5-12(11)16/h2-8H,1H3,(H,17,18). The minimum atomic E-state index is -0.607. The highest BCUT2D eigenvalue weighted by Crippen LogP contribution is 2.17. The van der Waals surface area contributed by atoms with E-state index in [1.807, 2.05) is 0 Å². The number of halogens is 2. The van der Waals surface area contributed by atoms with Gasteiger partial charge in [0.15, 0.2) is 0 Å². The van der Waals surface area contributed by atoms with Crippen molar-refractivity contribution in [2.45, 2.75) is 6.92 Å². The summed E-state index contributed by atoms with van der Waals surface area (Å²) in [7, 11) is 0. The summed E-state index contributed by atoms with van der Waals surface area (Å²) in [5, 5.41) is 2.49. The SMILES string of the molecule is Cc1ccc(F)cc1NC(=O)c1ccccc1F. The monoisotopic (exact) mass is 247 g/mol. The zero-order valence-corrected chi connectivity index (χ0v) is 9.71. The van der Waals surface area contributed by atoms with Gasteiger partial charge in [0.2, 0.25) is 0 Å². The fourth-order valence-corrected chi connectivity index (χ4v) is 1.56. The summed E-state index contributed by atoms with van der Waals surface area (Å²) in [6, 6.07) is 9.69. The second-order valence-corrected chi connectivity index (χ2v) is 3.89. The maximum absolute atomic E-state index is 13.4. The lowest BCUT2D eigenvalue weighted by molar-refractivity contribution is 0.102. The number of carbonyl (C=O) groups is 1. The fourth-order valence-electron chi connectivity index (χ4n) is 1.56. The lowest BCUT2D eigenvalue weighted by atomic mass is 10.1. The van der Waals surface area contributed by atoms with Gasteiger partial charge in [0.05, 0.1) is 5.56 Å². The molecule has 0 atom stereocenters. The zero-order chi connectivity index (χ0) is 13.1. The molecule has 1 N–H and O–H groups in total. The van der Waals surface area contributed by atoms with Crippen LogP contribution in [-0.4, -0.2) is 5.91 Å². The van der Waals surface area contributed by atoms with Gasteiger partial charge in [-0.2, -0.15) is 0 Å². The van der Waals surface area contributed by atoms with Crippen molar-refractivity contribution in [3.8, 4) is 0 Å². The molecular formula is C14H11F2NO. The van der Waals surface area contributed by atoms with E-state index in [1.54, 1.807) is 19.1 Å². The van der Waals surface area contributed by atoms with Crippen molar-refractivity contribution in [1.82, 2.24) is 0 Å². The predicted octanol–water partition coefficient (Wildman–Crippen LogP) is 3.53. The summed E-state index contributed by atoms with van der Waals surface area (Å²) in [4.78, 5) is 11.8. The lowest BCUT2D eigenvalue weighted by Crippen LogP contribution is -2.14. The lowest BCUT2D eigenvalue weighted by Gasteiger charge is -2.08. The van der Waals surface area contributed by atoms with Crippen molar-refractivity contribution < 1.29 is 13.6 Å². The van der Waals surface area contributed by atoms with Crippen molar-refractivity contribution in [1.29, 1.82) is 0 Å². The van der Waals surface area contributed by atoms with Gasteiger partial charge >= 0.3 is 0 Å². The van der Waals surface area contributed by atoms with Gasteiger partial charge in [-0.15, -0.1) is 0 Å². The first-order chi connectivity index (χ1) is 8.58. The third kappa shape index (κ3) is 2.53. The molecule has 0 aromatic heterocycles. The van der Waals surface area contributed by atoms with E-state index in [1.165, 1.54) is 30.3 Å². The van der Waals surface area contributed by atoms with Crippen molar-refractivity contribution >= 4 is 11.6 Å². The fraction of sp³-hybridized carbons (Fsp3) is 0.0714. The Balaban J connectivity index is 2.27. The normalized spacial score (nSPS) is 10.2. The van der Waals surface area contributed by atoms with Crippen LogP contribution in [0.4, 0.5) is 14.5 Å². The third-order valence-electron chi connectivity index (χ3n) is 2.57. The molecule has 92 valence electrons. The Kier molecular flexibility index (Phi) is 3.37. The molecular weight excluding hydrogens is 236 g/mol. The molecule has 4 heteroatoms. The van der Waals surface area contributed by atoms with Crippen molar-refractivity contribution in [2.75, 3.05) is 5.32 Å². The van der Waals surface area contributed by atoms with Gasteiger partial charge in [-0.05, 0) is 36.8 Å². The summed E-state index contributed by atoms with van der Waals surface area (Å²) < 4.78 is 26.4. The first-order valence-electron chi connectivity index (χ1n) is 5.40. The number of anilines is 1. The van der Waals surface area contributed by atoms with E-state index in [-0.39, 0.29) is 5.56 Å². The van der Waals surface area contributed by atoms with E-state index in [2.05, 4.69) is 5.32 Å². The zero-order valence-electron chi connectivity index (χ0n) is 9.71. The van der Waals surface area contributed by atoms with Gasteiger partial charge in [0.25, 0.3) is 5.91 Å². The molecule has 2 aromatic rings. The molecule has 2 aromatic carbocycles. The van der Waals surface area contributed by atoms with Crippen LogP contribution in [0.25, 0.3) is 0 Å². The van der Waals surface area contributed by atoms with Crippen molar-refractivity contribution in [3.63, 3.8) is 0 Å². The molecule has 0 heterocycles. The Morgan fingerprint density at radius 1 is 1.11 bits per heavy atom. The first kappa shape index (κ1) is 12.2. The van der Waals surface area contributed by atoms with E-state index in [9.17, 15) is 13.6 Å². The van der Waals surface area contributed by atoms with Crippen LogP contribution in [0, 0.1) is 18.6 Å². The molecule has 18 heavy (non-hydrogen) atoms. The summed E-state index contributed by atoms with van der Waals surface area (Å²) >= 11 is 0. The van der Waals surface area contributed by atoms with Gasteiger partial charge in [-0.25, -0.2) is 8.78 Å². The second-order valence-electron chi connectivity index (χ2n) is 3.89. The van der Waals surface area contributed by atoms with Crippen LogP contribution in [0.2, 0.25) is 0 Å². The van der Waals surface area contributed by atoms with E-state index in [0.717, 1.165) is 0 Å². The summed E-state index contributed by atoms with van der Waals surface area (Å²) in [5.41, 5.74) is 0.977. The Morgan fingerprint density at radius 2 is 1.83 bits per heavy atom. The van der Waals surface area contributed by atoms with Crippen LogP contribution < -0.4 is 5.32 Å². The number of carbonyl (C=O) groups excluding carboxylic acids is 1. The summed E-state index contributed by atoms with van der Waals surface area (Å²) in [6.07, 6.45) is 0. The minimum Gasteiger partial charge on any atom is -0.322 e. The molecule has 0 fully saturated rings.